The summed E-state index contributed by atoms with van der Waals surface area (Å²) >= 11 is 0. The van der Waals surface area contributed by atoms with E-state index in [0.29, 0.717) is 18.0 Å². The van der Waals surface area contributed by atoms with Gasteiger partial charge in [0.2, 0.25) is 0 Å². The quantitative estimate of drug-likeness (QED) is 0.779. The van der Waals surface area contributed by atoms with E-state index >= 15 is 0 Å². The largest absolute Gasteiger partial charge is 0.493 e. The number of nitrogens with two attached hydrogens (primary N) is 1. The molecule has 2 rings (SSSR count). The average molecular weight is 250 g/mol. The second-order valence-corrected chi connectivity index (χ2v) is 3.99. The molecule has 2 N–H and O–H groups in total. The topological polar surface area (TPSA) is 75.2 Å². The third-order valence-electron chi connectivity index (χ3n) is 2.74. The van der Waals surface area contributed by atoms with E-state index in [4.69, 9.17) is 15.2 Å². The highest BCUT2D eigenvalue weighted by atomic mass is 16.5. The number of unbranched alkanes of at least 4 members (excludes halogenated alkanes) is 1. The molecule has 0 aliphatic carbocycles. The zero-order valence-electron chi connectivity index (χ0n) is 10.7. The van der Waals surface area contributed by atoms with Gasteiger partial charge in [0, 0.05) is 12.1 Å². The first kappa shape index (κ1) is 12.6. The molecule has 6 heteroatoms. The van der Waals surface area contributed by atoms with Crippen LogP contribution < -0.4 is 15.2 Å². The van der Waals surface area contributed by atoms with Gasteiger partial charge in [-0.05, 0) is 19.4 Å². The molecule has 2 aromatic rings. The molecule has 1 heterocycles. The molecule has 1 aromatic carbocycles. The molecule has 0 fully saturated rings. The molecule has 18 heavy (non-hydrogen) atoms. The van der Waals surface area contributed by atoms with E-state index in [1.807, 2.05) is 12.1 Å². The number of nitrogens with zero attached hydrogens (tertiary/aromatic N) is 3. The van der Waals surface area contributed by atoms with Gasteiger partial charge in [-0.25, -0.2) is 0 Å². The van der Waals surface area contributed by atoms with E-state index in [1.165, 1.54) is 0 Å². The van der Waals surface area contributed by atoms with Gasteiger partial charge in [0.1, 0.15) is 11.0 Å². The number of rotatable bonds is 6. The lowest BCUT2D eigenvalue weighted by Crippen LogP contribution is -2.05. The lowest BCUT2D eigenvalue weighted by atomic mass is 10.3. The van der Waals surface area contributed by atoms with Crippen molar-refractivity contribution >= 4 is 11.0 Å². The van der Waals surface area contributed by atoms with E-state index in [-0.39, 0.29) is 0 Å². The molecule has 0 bridgehead atoms. The van der Waals surface area contributed by atoms with Crippen molar-refractivity contribution < 1.29 is 9.47 Å². The normalized spacial score (nSPS) is 10.8. The number of hydrogen-bond donors (Lipinski definition) is 1. The smallest absolute Gasteiger partial charge is 0.163 e. The van der Waals surface area contributed by atoms with Crippen LogP contribution in [0.4, 0.5) is 0 Å². The number of aromatic nitrogens is 3. The van der Waals surface area contributed by atoms with Crippen molar-refractivity contribution in [2.45, 2.75) is 19.4 Å². The second kappa shape index (κ2) is 5.68. The van der Waals surface area contributed by atoms with Crippen molar-refractivity contribution in [1.29, 1.82) is 0 Å². The van der Waals surface area contributed by atoms with Crippen LogP contribution in [0.3, 0.4) is 0 Å². The number of ether oxygens (including phenoxy) is 2. The van der Waals surface area contributed by atoms with Gasteiger partial charge in [-0.2, -0.15) is 15.0 Å². The van der Waals surface area contributed by atoms with E-state index in [9.17, 15) is 0 Å². The summed E-state index contributed by atoms with van der Waals surface area (Å²) in [7, 11) is 3.21. The molecule has 98 valence electrons. The number of methoxy groups -OCH3 is 2. The highest BCUT2D eigenvalue weighted by molar-refractivity contribution is 5.78. The van der Waals surface area contributed by atoms with Gasteiger partial charge >= 0.3 is 0 Å². The van der Waals surface area contributed by atoms with Crippen LogP contribution in [-0.2, 0) is 6.54 Å². The van der Waals surface area contributed by atoms with E-state index in [0.717, 1.165) is 30.4 Å². The van der Waals surface area contributed by atoms with Crippen LogP contribution >= 0.6 is 0 Å². The predicted octanol–water partition coefficient (Wildman–Crippen LogP) is 1.19. The third-order valence-corrected chi connectivity index (χ3v) is 2.74. The third kappa shape index (κ3) is 2.53. The summed E-state index contributed by atoms with van der Waals surface area (Å²) < 4.78 is 10.5. The van der Waals surface area contributed by atoms with Crippen LogP contribution in [0.15, 0.2) is 12.1 Å². The summed E-state index contributed by atoms with van der Waals surface area (Å²) in [6, 6.07) is 3.67. The Morgan fingerprint density at radius 1 is 1.06 bits per heavy atom. The first-order valence-corrected chi connectivity index (χ1v) is 5.95. The number of benzene rings is 1. The van der Waals surface area contributed by atoms with Crippen LogP contribution in [0, 0.1) is 0 Å². The van der Waals surface area contributed by atoms with Crippen LogP contribution in [-0.4, -0.2) is 35.8 Å². The standard InChI is InChI=1S/C12H18N4O2/c1-17-11-7-9-10(8-12(11)18-2)15-16(14-9)6-4-3-5-13/h7-8H,3-6,13H2,1-2H3. The average Bonchev–Trinajstić information content (AvgIpc) is 2.78. The van der Waals surface area contributed by atoms with E-state index in [2.05, 4.69) is 10.2 Å². The van der Waals surface area contributed by atoms with Crippen molar-refractivity contribution in [3.63, 3.8) is 0 Å². The molecule has 0 aliphatic heterocycles. The fourth-order valence-corrected chi connectivity index (χ4v) is 1.79. The zero-order chi connectivity index (χ0) is 13.0. The zero-order valence-corrected chi connectivity index (χ0v) is 10.7. The summed E-state index contributed by atoms with van der Waals surface area (Å²) in [6.07, 6.45) is 1.95. The van der Waals surface area contributed by atoms with Crippen molar-refractivity contribution in [2.24, 2.45) is 5.73 Å². The fraction of sp³-hybridized carbons (Fsp3) is 0.500. The Kier molecular flexibility index (Phi) is 3.99. The molecule has 0 radical (unpaired) electrons. The molecule has 0 saturated heterocycles. The molecule has 0 saturated carbocycles. The fourth-order valence-electron chi connectivity index (χ4n) is 1.79. The van der Waals surface area contributed by atoms with Gasteiger partial charge in [-0.15, -0.1) is 0 Å². The van der Waals surface area contributed by atoms with Crippen molar-refractivity contribution in [2.75, 3.05) is 20.8 Å². The number of aryl methyl sites for hydroxylation is 1. The van der Waals surface area contributed by atoms with Crippen molar-refractivity contribution in [1.82, 2.24) is 15.0 Å². The SMILES string of the molecule is COc1cc2nn(CCCCN)nc2cc1OC. The Hall–Kier alpha value is -1.82. The lowest BCUT2D eigenvalue weighted by molar-refractivity contribution is 0.356. The Labute approximate surface area is 106 Å². The van der Waals surface area contributed by atoms with Gasteiger partial charge in [-0.3, -0.25) is 0 Å². The summed E-state index contributed by atoms with van der Waals surface area (Å²) in [5.41, 5.74) is 7.07. The van der Waals surface area contributed by atoms with Gasteiger partial charge in [0.05, 0.1) is 20.8 Å². The van der Waals surface area contributed by atoms with E-state index < -0.39 is 0 Å². The first-order chi connectivity index (χ1) is 8.78. The Balaban J connectivity index is 2.27. The van der Waals surface area contributed by atoms with Crippen molar-refractivity contribution in [3.8, 4) is 11.5 Å². The monoisotopic (exact) mass is 250 g/mol. The van der Waals surface area contributed by atoms with Gasteiger partial charge < -0.3 is 15.2 Å². The molecular weight excluding hydrogens is 232 g/mol. The molecule has 0 spiro atoms. The Bertz CT molecular complexity index is 483. The second-order valence-electron chi connectivity index (χ2n) is 3.99. The maximum atomic E-state index is 5.46. The summed E-state index contributed by atoms with van der Waals surface area (Å²) in [5, 5.41) is 8.80. The van der Waals surface area contributed by atoms with Crippen LogP contribution in [0.5, 0.6) is 11.5 Å². The minimum atomic E-state index is 0.666. The van der Waals surface area contributed by atoms with Gasteiger partial charge in [-0.1, -0.05) is 0 Å². The van der Waals surface area contributed by atoms with Crippen LogP contribution in [0.2, 0.25) is 0 Å². The van der Waals surface area contributed by atoms with Crippen LogP contribution in [0.1, 0.15) is 12.8 Å². The van der Waals surface area contributed by atoms with Crippen LogP contribution in [0.25, 0.3) is 11.0 Å². The Morgan fingerprint density at radius 3 is 2.06 bits per heavy atom. The summed E-state index contributed by atoms with van der Waals surface area (Å²) in [6.45, 7) is 1.47. The highest BCUT2D eigenvalue weighted by Gasteiger charge is 2.10. The maximum Gasteiger partial charge on any atom is 0.163 e. The van der Waals surface area contributed by atoms with E-state index in [1.54, 1.807) is 19.0 Å². The Morgan fingerprint density at radius 2 is 1.61 bits per heavy atom. The number of hydrogen-bond acceptors (Lipinski definition) is 5. The number of fused-ring (bicyclic) bond motifs is 1. The molecule has 0 atom stereocenters. The lowest BCUT2D eigenvalue weighted by Gasteiger charge is -2.05. The summed E-state index contributed by atoms with van der Waals surface area (Å²) in [5.74, 6) is 1.33. The first-order valence-electron chi connectivity index (χ1n) is 5.95. The van der Waals surface area contributed by atoms with Crippen molar-refractivity contribution in [3.05, 3.63) is 12.1 Å². The minimum Gasteiger partial charge on any atom is -0.493 e. The highest BCUT2D eigenvalue weighted by Crippen LogP contribution is 2.30. The minimum absolute atomic E-state index is 0.666. The molecular formula is C12H18N4O2. The molecule has 0 amide bonds. The maximum absolute atomic E-state index is 5.46. The molecule has 0 unspecified atom stereocenters. The summed E-state index contributed by atoms with van der Waals surface area (Å²) in [4.78, 5) is 1.69. The molecule has 1 aromatic heterocycles. The predicted molar refractivity (Wildman–Crippen MR) is 68.9 cm³/mol. The van der Waals surface area contributed by atoms with Gasteiger partial charge in [0.15, 0.2) is 11.5 Å². The molecule has 0 aliphatic rings. The van der Waals surface area contributed by atoms with Gasteiger partial charge in [0.25, 0.3) is 0 Å². The molecule has 6 nitrogen and oxygen atoms in total.